The summed E-state index contributed by atoms with van der Waals surface area (Å²) in [6.45, 7) is 9.13. The Hall–Kier alpha value is -2.02. The molecule has 8 heteroatoms. The Morgan fingerprint density at radius 3 is 2.80 bits per heavy atom. The van der Waals surface area contributed by atoms with Crippen LogP contribution in [0.1, 0.15) is 40.5 Å². The summed E-state index contributed by atoms with van der Waals surface area (Å²) in [6.07, 6.45) is 0.615. The van der Waals surface area contributed by atoms with Crippen molar-refractivity contribution in [3.63, 3.8) is 0 Å². The number of aromatic nitrogens is 3. The fourth-order valence-corrected chi connectivity index (χ4v) is 3.63. The highest BCUT2D eigenvalue weighted by Gasteiger charge is 2.44. The number of fused-ring (bicyclic) bond motifs is 1. The maximum atomic E-state index is 11.3. The normalized spacial score (nSPS) is 24.5. The average Bonchev–Trinajstić information content (AvgIpc) is 2.87. The molecule has 1 aliphatic rings. The van der Waals surface area contributed by atoms with Crippen molar-refractivity contribution in [2.24, 2.45) is 11.1 Å². The van der Waals surface area contributed by atoms with Crippen molar-refractivity contribution in [1.29, 1.82) is 0 Å². The van der Waals surface area contributed by atoms with Gasteiger partial charge in [-0.25, -0.2) is 9.78 Å². The number of halogens is 1. The van der Waals surface area contributed by atoms with Gasteiger partial charge in [0.1, 0.15) is 10.8 Å². The number of carbonyl (C=O) groups excluding carboxylic acids is 1. The Bertz CT molecular complexity index is 800. The molecule has 0 radical (unpaired) electrons. The number of pyridine rings is 1. The number of H-pyrrole nitrogens is 1. The van der Waals surface area contributed by atoms with E-state index in [-0.39, 0.29) is 11.5 Å². The smallest absolute Gasteiger partial charge is 0.405 e. The first-order valence-corrected chi connectivity index (χ1v) is 8.73. The van der Waals surface area contributed by atoms with Gasteiger partial charge >= 0.3 is 6.09 Å². The number of aromatic amines is 1. The molecule has 0 aliphatic carbocycles. The zero-order valence-electron chi connectivity index (χ0n) is 15.0. The van der Waals surface area contributed by atoms with E-state index < -0.39 is 11.7 Å². The quantitative estimate of drug-likeness (QED) is 0.794. The topological polar surface area (TPSA) is 97.1 Å². The van der Waals surface area contributed by atoms with Crippen molar-refractivity contribution in [2.45, 2.75) is 52.2 Å². The molecule has 0 spiro atoms. The predicted molar refractivity (Wildman–Crippen MR) is 97.8 cm³/mol. The number of amides is 1. The van der Waals surface area contributed by atoms with Gasteiger partial charge in [0.15, 0.2) is 5.65 Å². The largest absolute Gasteiger partial charge is 0.443 e. The number of primary amides is 1. The van der Waals surface area contributed by atoms with Crippen LogP contribution >= 0.6 is 11.6 Å². The van der Waals surface area contributed by atoms with Crippen LogP contribution < -0.4 is 10.6 Å². The number of anilines is 1. The Balaban J connectivity index is 1.95. The number of carbonyl (C=O) groups is 1. The Morgan fingerprint density at radius 1 is 1.44 bits per heavy atom. The first kappa shape index (κ1) is 17.8. The molecule has 7 nitrogen and oxygen atoms in total. The zero-order chi connectivity index (χ0) is 18.4. The van der Waals surface area contributed by atoms with Gasteiger partial charge in [-0.1, -0.05) is 32.4 Å². The maximum Gasteiger partial charge on any atom is 0.405 e. The minimum Gasteiger partial charge on any atom is -0.443 e. The third-order valence-corrected chi connectivity index (χ3v) is 5.01. The molecule has 1 fully saturated rings. The molecule has 1 saturated heterocycles. The first-order valence-electron chi connectivity index (χ1n) is 8.35. The molecule has 2 atom stereocenters. The van der Waals surface area contributed by atoms with E-state index in [0.29, 0.717) is 30.2 Å². The van der Waals surface area contributed by atoms with E-state index >= 15 is 0 Å². The number of piperidine rings is 1. The summed E-state index contributed by atoms with van der Waals surface area (Å²) in [5.74, 6) is 0.755. The third-order valence-electron chi connectivity index (χ3n) is 4.80. The number of hydrogen-bond donors (Lipinski definition) is 2. The van der Waals surface area contributed by atoms with Crippen LogP contribution in [0.3, 0.4) is 0 Å². The van der Waals surface area contributed by atoms with Gasteiger partial charge < -0.3 is 20.4 Å². The van der Waals surface area contributed by atoms with Gasteiger partial charge in [-0.2, -0.15) is 4.98 Å². The molecule has 0 aromatic carbocycles. The van der Waals surface area contributed by atoms with Gasteiger partial charge in [0, 0.05) is 25.4 Å². The lowest BCUT2D eigenvalue weighted by Gasteiger charge is -2.49. The molecule has 2 aromatic heterocycles. The average molecular weight is 366 g/mol. The van der Waals surface area contributed by atoms with Crippen LogP contribution in [0.5, 0.6) is 0 Å². The number of rotatable bonds is 2. The lowest BCUT2D eigenvalue weighted by molar-refractivity contribution is -0.00962. The minimum absolute atomic E-state index is 0.0489. The molecular weight excluding hydrogens is 342 g/mol. The van der Waals surface area contributed by atoms with Crippen LogP contribution in [0, 0.1) is 5.41 Å². The van der Waals surface area contributed by atoms with Gasteiger partial charge in [-0.15, -0.1) is 0 Å². The summed E-state index contributed by atoms with van der Waals surface area (Å²) >= 11 is 5.96. The molecule has 0 saturated carbocycles. The standard InChI is InChI=1S/C17H24ClN5O2/c1-16(2,3)11-9-17(4,25-14(19)24)7-8-23(11)15-20-10-5-6-12(18)21-13(10)22-15/h5-6,11H,7-9H2,1-4H3,(H2,19,24)(H,20,21,22). The fourth-order valence-electron chi connectivity index (χ4n) is 3.49. The molecule has 1 aliphatic heterocycles. The summed E-state index contributed by atoms with van der Waals surface area (Å²) in [4.78, 5) is 25.7. The van der Waals surface area contributed by atoms with Crippen LogP contribution in [-0.2, 0) is 4.74 Å². The van der Waals surface area contributed by atoms with Gasteiger partial charge in [-0.05, 0) is 24.5 Å². The van der Waals surface area contributed by atoms with Crippen LogP contribution in [0.4, 0.5) is 10.7 Å². The zero-order valence-corrected chi connectivity index (χ0v) is 15.7. The van der Waals surface area contributed by atoms with E-state index in [0.717, 1.165) is 11.5 Å². The highest BCUT2D eigenvalue weighted by molar-refractivity contribution is 6.29. The van der Waals surface area contributed by atoms with Crippen molar-refractivity contribution in [3.05, 3.63) is 17.3 Å². The second kappa shape index (κ2) is 6.05. The van der Waals surface area contributed by atoms with Crippen LogP contribution in [0.25, 0.3) is 11.2 Å². The fraction of sp³-hybridized carbons (Fsp3) is 0.588. The first-order chi connectivity index (χ1) is 11.6. The number of nitrogens with zero attached hydrogens (tertiary/aromatic N) is 3. The molecule has 136 valence electrons. The third kappa shape index (κ3) is 3.66. The molecule has 2 unspecified atom stereocenters. The number of hydrogen-bond acceptors (Lipinski definition) is 5. The van der Waals surface area contributed by atoms with Crippen LogP contribution in [0.2, 0.25) is 5.15 Å². The lowest BCUT2D eigenvalue weighted by Crippen LogP contribution is -2.56. The molecule has 2 aromatic rings. The van der Waals surface area contributed by atoms with Gasteiger partial charge in [-0.3, -0.25) is 0 Å². The van der Waals surface area contributed by atoms with E-state index in [9.17, 15) is 4.79 Å². The summed E-state index contributed by atoms with van der Waals surface area (Å²) in [5, 5.41) is 0.416. The molecule has 3 rings (SSSR count). The van der Waals surface area contributed by atoms with E-state index in [1.54, 1.807) is 6.07 Å². The van der Waals surface area contributed by atoms with Crippen LogP contribution in [0.15, 0.2) is 12.1 Å². The van der Waals surface area contributed by atoms with Crippen molar-refractivity contribution < 1.29 is 9.53 Å². The molecule has 25 heavy (non-hydrogen) atoms. The number of ether oxygens (including phenoxy) is 1. The van der Waals surface area contributed by atoms with E-state index in [1.807, 2.05) is 13.0 Å². The highest BCUT2D eigenvalue weighted by Crippen LogP contribution is 2.40. The number of imidazole rings is 1. The monoisotopic (exact) mass is 365 g/mol. The highest BCUT2D eigenvalue weighted by atomic mass is 35.5. The van der Waals surface area contributed by atoms with Gasteiger partial charge in [0.2, 0.25) is 5.95 Å². The molecule has 0 bridgehead atoms. The molecule has 3 heterocycles. The summed E-state index contributed by atoms with van der Waals surface area (Å²) in [7, 11) is 0. The lowest BCUT2D eigenvalue weighted by atomic mass is 9.75. The summed E-state index contributed by atoms with van der Waals surface area (Å²) in [6, 6.07) is 3.72. The summed E-state index contributed by atoms with van der Waals surface area (Å²) in [5.41, 5.74) is 6.07. The Kier molecular flexibility index (Phi) is 4.31. The van der Waals surface area contributed by atoms with Crippen LogP contribution in [-0.4, -0.2) is 39.2 Å². The van der Waals surface area contributed by atoms with Crippen molar-refractivity contribution >= 4 is 34.8 Å². The van der Waals surface area contributed by atoms with Crippen molar-refractivity contribution in [1.82, 2.24) is 15.0 Å². The second-order valence-corrected chi connectivity index (χ2v) is 8.35. The summed E-state index contributed by atoms with van der Waals surface area (Å²) < 4.78 is 5.41. The Labute approximate surface area is 151 Å². The number of nitrogens with one attached hydrogen (secondary N) is 1. The molecule has 3 N–H and O–H groups in total. The Morgan fingerprint density at radius 2 is 2.16 bits per heavy atom. The number of nitrogens with two attached hydrogens (primary N) is 1. The van der Waals surface area contributed by atoms with Gasteiger partial charge in [0.25, 0.3) is 0 Å². The molecular formula is C17H24ClN5O2. The SMILES string of the molecule is CC1(OC(N)=O)CCN(c2nc3nc(Cl)ccc3[nH]2)C(C(C)(C)C)C1. The maximum absolute atomic E-state index is 11.3. The second-order valence-electron chi connectivity index (χ2n) is 7.97. The van der Waals surface area contributed by atoms with Crippen molar-refractivity contribution in [3.8, 4) is 0 Å². The predicted octanol–water partition coefficient (Wildman–Crippen LogP) is 3.48. The minimum atomic E-state index is -0.730. The van der Waals surface area contributed by atoms with E-state index in [1.165, 1.54) is 0 Å². The van der Waals surface area contributed by atoms with E-state index in [2.05, 4.69) is 40.6 Å². The van der Waals surface area contributed by atoms with Crippen molar-refractivity contribution in [2.75, 3.05) is 11.4 Å². The van der Waals surface area contributed by atoms with E-state index in [4.69, 9.17) is 22.1 Å². The molecule has 1 amide bonds. The van der Waals surface area contributed by atoms with Gasteiger partial charge in [0.05, 0.1) is 5.52 Å².